The zero-order chi connectivity index (χ0) is 27.6. The lowest BCUT2D eigenvalue weighted by molar-refractivity contribution is -0.611. The van der Waals surface area contributed by atoms with Gasteiger partial charge in [0.05, 0.1) is 12.1 Å². The van der Waals surface area contributed by atoms with Crippen LogP contribution >= 0.6 is 0 Å². The zero-order valence-electron chi connectivity index (χ0n) is 22.8. The summed E-state index contributed by atoms with van der Waals surface area (Å²) in [5, 5.41) is 26.6. The molecule has 4 aromatic heterocycles. The molecule has 4 heterocycles. The highest BCUT2D eigenvalue weighted by Gasteiger charge is 2.18. The third-order valence-corrected chi connectivity index (χ3v) is 7.37. The third-order valence-electron chi connectivity index (χ3n) is 7.37. The molecule has 6 aromatic rings. The first-order valence-corrected chi connectivity index (χ1v) is 13.5. The van der Waals surface area contributed by atoms with Crippen LogP contribution in [0.5, 0.6) is 0 Å². The normalized spacial score (nSPS) is 11.4. The second-order valence-corrected chi connectivity index (χ2v) is 10.0. The first-order chi connectivity index (χ1) is 19.5. The van der Waals surface area contributed by atoms with Crippen molar-refractivity contribution in [1.82, 2.24) is 35.2 Å². The molecule has 0 aliphatic carbocycles. The number of rotatable bonds is 8. The maximum absolute atomic E-state index is 12.2. The minimum atomic E-state index is 0.640. The first-order valence-electron chi connectivity index (χ1n) is 13.5. The fraction of sp³-hybridized carbons (Fsp3) is 0.226. The van der Waals surface area contributed by atoms with Crippen molar-refractivity contribution in [2.24, 2.45) is 0 Å². The molecule has 1 N–H and O–H groups in total. The topological polar surface area (TPSA) is 112 Å². The number of hydrogen-bond donors (Lipinski definition) is 1. The zero-order valence-corrected chi connectivity index (χ0v) is 22.8. The van der Waals surface area contributed by atoms with Crippen LogP contribution in [-0.4, -0.2) is 35.2 Å². The number of pyridine rings is 2. The van der Waals surface area contributed by atoms with Crippen molar-refractivity contribution < 1.29 is 4.73 Å². The summed E-state index contributed by atoms with van der Waals surface area (Å²) in [7, 11) is 0. The SMILES string of the molecule is CCCCc1nc2cc(-c3ccc[n+]([O-])c3C)c(C)nc2n1Cc1ccc(-c2ccccc2-c2nnn[nH]2)cc1. The quantitative estimate of drug-likeness (QED) is 0.203. The Morgan fingerprint density at radius 3 is 2.42 bits per heavy atom. The van der Waals surface area contributed by atoms with E-state index in [1.165, 1.54) is 6.20 Å². The molecular weight excluding hydrogens is 500 g/mol. The Labute approximate surface area is 232 Å². The van der Waals surface area contributed by atoms with E-state index in [2.05, 4.69) is 68.5 Å². The number of aromatic amines is 1. The van der Waals surface area contributed by atoms with Gasteiger partial charge in [-0.15, -0.1) is 5.10 Å². The van der Waals surface area contributed by atoms with E-state index >= 15 is 0 Å². The number of hydrogen-bond acceptors (Lipinski definition) is 6. The van der Waals surface area contributed by atoms with E-state index in [4.69, 9.17) is 9.97 Å². The lowest BCUT2D eigenvalue weighted by Crippen LogP contribution is -2.29. The van der Waals surface area contributed by atoms with Gasteiger partial charge >= 0.3 is 0 Å². The molecule has 0 radical (unpaired) electrons. The summed E-state index contributed by atoms with van der Waals surface area (Å²) >= 11 is 0. The van der Waals surface area contributed by atoms with Gasteiger partial charge in [0, 0.05) is 36.2 Å². The van der Waals surface area contributed by atoms with Gasteiger partial charge in [0.2, 0.25) is 0 Å². The van der Waals surface area contributed by atoms with Crippen molar-refractivity contribution >= 4 is 11.2 Å². The second kappa shape index (κ2) is 10.7. The minimum absolute atomic E-state index is 0.640. The number of nitrogens with zero attached hydrogens (tertiary/aromatic N) is 7. The number of benzene rings is 2. The second-order valence-electron chi connectivity index (χ2n) is 10.0. The number of fused-ring (bicyclic) bond motifs is 1. The fourth-order valence-electron chi connectivity index (χ4n) is 5.19. The molecule has 0 saturated carbocycles. The van der Waals surface area contributed by atoms with Gasteiger partial charge in [0.15, 0.2) is 23.4 Å². The van der Waals surface area contributed by atoms with Gasteiger partial charge < -0.3 is 9.77 Å². The summed E-state index contributed by atoms with van der Waals surface area (Å²) in [5.41, 5.74) is 9.32. The van der Waals surface area contributed by atoms with E-state index in [0.717, 1.165) is 80.1 Å². The van der Waals surface area contributed by atoms with Gasteiger partial charge in [0.25, 0.3) is 0 Å². The van der Waals surface area contributed by atoms with Crippen molar-refractivity contribution in [1.29, 1.82) is 0 Å². The molecule has 6 rings (SSSR count). The molecule has 0 aliphatic rings. The van der Waals surface area contributed by atoms with Crippen LogP contribution in [0.3, 0.4) is 0 Å². The summed E-state index contributed by atoms with van der Waals surface area (Å²) in [5.74, 6) is 1.67. The lowest BCUT2D eigenvalue weighted by Gasteiger charge is -2.12. The van der Waals surface area contributed by atoms with Crippen molar-refractivity contribution in [3.05, 3.63) is 101 Å². The number of unbranched alkanes of at least 4 members (excludes halogenated alkanes) is 1. The average Bonchev–Trinajstić information content (AvgIpc) is 3.62. The molecule has 0 spiro atoms. The van der Waals surface area contributed by atoms with Crippen LogP contribution < -0.4 is 4.73 Å². The fourth-order valence-corrected chi connectivity index (χ4v) is 5.19. The Kier molecular flexibility index (Phi) is 6.77. The summed E-state index contributed by atoms with van der Waals surface area (Å²) in [6.07, 6.45) is 4.54. The molecule has 0 saturated heterocycles. The van der Waals surface area contributed by atoms with E-state index in [9.17, 15) is 5.21 Å². The molecule has 0 unspecified atom stereocenters. The first kappa shape index (κ1) is 25.4. The van der Waals surface area contributed by atoms with Gasteiger partial charge in [-0.1, -0.05) is 61.9 Å². The van der Waals surface area contributed by atoms with Crippen LogP contribution in [-0.2, 0) is 13.0 Å². The molecule has 0 aliphatic heterocycles. The predicted octanol–water partition coefficient (Wildman–Crippen LogP) is 5.59. The van der Waals surface area contributed by atoms with Crippen LogP contribution in [0, 0.1) is 19.1 Å². The third kappa shape index (κ3) is 4.70. The summed E-state index contributed by atoms with van der Waals surface area (Å²) in [4.78, 5) is 10.0. The summed E-state index contributed by atoms with van der Waals surface area (Å²) < 4.78 is 3.13. The van der Waals surface area contributed by atoms with Crippen LogP contribution in [0.2, 0.25) is 0 Å². The number of aryl methyl sites for hydroxylation is 2. The molecule has 9 heteroatoms. The van der Waals surface area contributed by atoms with Crippen LogP contribution in [0.25, 0.3) is 44.8 Å². The van der Waals surface area contributed by atoms with E-state index in [1.807, 2.05) is 38.1 Å². The smallest absolute Gasteiger partial charge is 0.197 e. The number of nitrogens with one attached hydrogen (secondary N) is 1. The lowest BCUT2D eigenvalue weighted by atomic mass is 9.98. The molecule has 0 fully saturated rings. The van der Waals surface area contributed by atoms with Gasteiger partial charge in [-0.25, -0.2) is 15.1 Å². The number of H-pyrrole nitrogens is 1. The molecule has 200 valence electrons. The number of tetrazole rings is 1. The summed E-state index contributed by atoms with van der Waals surface area (Å²) in [6, 6.07) is 22.5. The molecule has 0 atom stereocenters. The van der Waals surface area contributed by atoms with Gasteiger partial charge in [-0.2, -0.15) is 4.73 Å². The Balaban J connectivity index is 1.37. The van der Waals surface area contributed by atoms with Crippen LogP contribution in [0.15, 0.2) is 72.9 Å². The molecule has 40 heavy (non-hydrogen) atoms. The average molecular weight is 531 g/mol. The maximum atomic E-state index is 12.2. The molecule has 0 bridgehead atoms. The van der Waals surface area contributed by atoms with Crippen molar-refractivity contribution in [3.63, 3.8) is 0 Å². The standard InChI is InChI=1S/C31H30N8O/c1-4-5-12-29-33-28-18-27(24-11-8-17-39(40)21(24)3)20(2)32-31(28)38(29)19-22-13-15-23(16-14-22)25-9-6-7-10-26(25)30-34-36-37-35-30/h6-11,13-18H,4-5,12,19H2,1-3H3,(H,34,35,36,37). The van der Waals surface area contributed by atoms with Gasteiger partial charge in [0.1, 0.15) is 11.3 Å². The van der Waals surface area contributed by atoms with Crippen molar-refractivity contribution in [2.75, 3.05) is 0 Å². The van der Waals surface area contributed by atoms with Gasteiger partial charge in [-0.3, -0.25) is 0 Å². The monoisotopic (exact) mass is 530 g/mol. The summed E-state index contributed by atoms with van der Waals surface area (Å²) in [6.45, 7) is 6.69. The number of imidazole rings is 1. The highest BCUT2D eigenvalue weighted by atomic mass is 16.5. The van der Waals surface area contributed by atoms with Crippen molar-refractivity contribution in [3.8, 4) is 33.6 Å². The van der Waals surface area contributed by atoms with Crippen molar-refractivity contribution in [2.45, 2.75) is 46.6 Å². The van der Waals surface area contributed by atoms with E-state index in [-0.39, 0.29) is 0 Å². The predicted molar refractivity (Wildman–Crippen MR) is 154 cm³/mol. The minimum Gasteiger partial charge on any atom is -0.618 e. The maximum Gasteiger partial charge on any atom is 0.197 e. The molecule has 2 aromatic carbocycles. The highest BCUT2D eigenvalue weighted by molar-refractivity contribution is 5.82. The molecule has 0 amide bonds. The Morgan fingerprint density at radius 2 is 1.68 bits per heavy atom. The molecular formula is C31H30N8O. The Bertz CT molecular complexity index is 1790. The Hall–Kier alpha value is -4.92. The van der Waals surface area contributed by atoms with Gasteiger partial charge in [-0.05, 0) is 52.6 Å². The van der Waals surface area contributed by atoms with E-state index < -0.39 is 0 Å². The number of aromatic nitrogens is 8. The van der Waals surface area contributed by atoms with Crippen LogP contribution in [0.4, 0.5) is 0 Å². The van der Waals surface area contributed by atoms with E-state index in [1.54, 1.807) is 6.07 Å². The highest BCUT2D eigenvalue weighted by Crippen LogP contribution is 2.31. The van der Waals surface area contributed by atoms with Crippen LogP contribution in [0.1, 0.15) is 42.5 Å². The van der Waals surface area contributed by atoms with E-state index in [0.29, 0.717) is 18.1 Å². The molecule has 9 nitrogen and oxygen atoms in total. The Morgan fingerprint density at radius 1 is 0.900 bits per heavy atom. The largest absolute Gasteiger partial charge is 0.618 e.